The zero-order chi connectivity index (χ0) is 32.6. The minimum Gasteiger partial charge on any atom is -0.507 e. The predicted molar refractivity (Wildman–Crippen MR) is 163 cm³/mol. The molecular formula is C33H46N4O7. The number of fused-ring (bicyclic) bond motifs is 3. The molecule has 0 bridgehead atoms. The zero-order valence-electron chi connectivity index (χ0n) is 26.8. The predicted octanol–water partition coefficient (Wildman–Crippen LogP) is 1.19. The van der Waals surface area contributed by atoms with Crippen molar-refractivity contribution in [3.05, 3.63) is 22.8 Å². The van der Waals surface area contributed by atoms with Gasteiger partial charge in [-0.25, -0.2) is 0 Å². The Kier molecular flexibility index (Phi) is 8.08. The van der Waals surface area contributed by atoms with E-state index in [-0.39, 0.29) is 29.6 Å². The van der Waals surface area contributed by atoms with E-state index in [2.05, 4.69) is 25.7 Å². The summed E-state index contributed by atoms with van der Waals surface area (Å²) in [7, 11) is 6.92. The first-order valence-corrected chi connectivity index (χ1v) is 15.5. The number of nitrogens with two attached hydrogens (primary N) is 1. The van der Waals surface area contributed by atoms with Crippen LogP contribution in [0.5, 0.6) is 5.75 Å². The Hall–Kier alpha value is -3.15. The van der Waals surface area contributed by atoms with Crippen LogP contribution in [-0.2, 0) is 32.1 Å². The van der Waals surface area contributed by atoms with Crippen LogP contribution in [0.4, 0.5) is 5.69 Å². The molecule has 11 heteroatoms. The monoisotopic (exact) mass is 610 g/mol. The molecule has 0 spiro atoms. The number of benzene rings is 1. The summed E-state index contributed by atoms with van der Waals surface area (Å²) >= 11 is 0. The van der Waals surface area contributed by atoms with Gasteiger partial charge in [0, 0.05) is 32.2 Å². The average Bonchev–Trinajstić information content (AvgIpc) is 2.89. The number of carbonyl (C=O) groups excluding carboxylic acids is 5. The lowest BCUT2D eigenvalue weighted by Crippen LogP contribution is -2.74. The number of hydrogen-bond donors (Lipinski definition) is 3. The number of rotatable bonds is 5. The number of amides is 1. The highest BCUT2D eigenvalue weighted by atomic mass is 16.3. The molecule has 1 amide bonds. The number of hydrogen-bond acceptors (Lipinski definition) is 10. The molecule has 0 aromatic heterocycles. The van der Waals surface area contributed by atoms with Gasteiger partial charge in [-0.3, -0.25) is 33.8 Å². The summed E-state index contributed by atoms with van der Waals surface area (Å²) in [5, 5.41) is 23.1. The maximum Gasteiger partial charge on any atom is 0.235 e. The maximum atomic E-state index is 14.1. The van der Waals surface area contributed by atoms with Gasteiger partial charge in [0.15, 0.2) is 34.7 Å². The van der Waals surface area contributed by atoms with Gasteiger partial charge in [-0.2, -0.15) is 0 Å². The minimum atomic E-state index is -2.73. The van der Waals surface area contributed by atoms with Crippen LogP contribution in [0, 0.1) is 35.0 Å². The second-order valence-electron chi connectivity index (χ2n) is 14.9. The SMILES string of the molecule is CN(C)c1c(CN2CCC(C(C)(C)C)CC2)cc(O)c2c1C[C@H]1C[C@H]3[C@H](N(C)C)C(=O)C(C(N)=O)C(=O)[C@@]3(O)C(=O)C1C2=O. The summed E-state index contributed by atoms with van der Waals surface area (Å²) in [4.78, 5) is 73.0. The molecule has 1 heterocycles. The van der Waals surface area contributed by atoms with Gasteiger partial charge in [0.1, 0.15) is 5.75 Å². The van der Waals surface area contributed by atoms with Gasteiger partial charge < -0.3 is 20.8 Å². The molecule has 240 valence electrons. The standard InChI is InChI=1S/C33H46N4O7/c1-32(2,3)18-8-10-37(11-9-18)15-17-14-21(38)23-19(25(17)35(4)5)12-16-13-20-26(36(6)7)28(40)24(31(34)43)30(42)33(20,44)29(41)22(16)27(23)39/h14,16,18,20,22,24,26,38,44H,8-13,15H2,1-7H3,(H2,34,43)/t16-,20-,22?,24?,26-,33-/m0/s1. The van der Waals surface area contributed by atoms with E-state index in [1.165, 1.54) is 4.90 Å². The first-order chi connectivity index (χ1) is 20.4. The quantitative estimate of drug-likeness (QED) is 0.413. The van der Waals surface area contributed by atoms with E-state index in [1.807, 2.05) is 19.0 Å². The number of aromatic hydroxyl groups is 1. The van der Waals surface area contributed by atoms with E-state index >= 15 is 0 Å². The average molecular weight is 611 g/mol. The number of nitrogens with zero attached hydrogens (tertiary/aromatic N) is 3. The lowest BCUT2D eigenvalue weighted by atomic mass is 9.52. The summed E-state index contributed by atoms with van der Waals surface area (Å²) in [6, 6.07) is 0.476. The molecule has 44 heavy (non-hydrogen) atoms. The van der Waals surface area contributed by atoms with Crippen LogP contribution >= 0.6 is 0 Å². The number of phenolic OH excluding ortho intramolecular Hbond substituents is 1. The minimum absolute atomic E-state index is 0.0236. The van der Waals surface area contributed by atoms with Gasteiger partial charge >= 0.3 is 0 Å². The van der Waals surface area contributed by atoms with Crippen molar-refractivity contribution < 1.29 is 34.2 Å². The Morgan fingerprint density at radius 3 is 2.20 bits per heavy atom. The number of ketones is 4. The van der Waals surface area contributed by atoms with Crippen molar-refractivity contribution >= 4 is 34.7 Å². The molecule has 1 aliphatic heterocycles. The number of likely N-dealkylation sites (tertiary alicyclic amines) is 1. The Morgan fingerprint density at radius 1 is 1.07 bits per heavy atom. The Bertz CT molecular complexity index is 1420. The fraction of sp³-hybridized carbons (Fsp3) is 0.667. The van der Waals surface area contributed by atoms with Crippen LogP contribution in [-0.4, -0.2) is 102 Å². The van der Waals surface area contributed by atoms with Gasteiger partial charge in [0.25, 0.3) is 0 Å². The first kappa shape index (κ1) is 32.2. The number of primary amides is 1. The molecule has 3 aliphatic carbocycles. The molecule has 11 nitrogen and oxygen atoms in total. The largest absolute Gasteiger partial charge is 0.507 e. The van der Waals surface area contributed by atoms with E-state index in [9.17, 15) is 34.2 Å². The molecule has 1 aromatic carbocycles. The third kappa shape index (κ3) is 4.87. The van der Waals surface area contributed by atoms with Crippen LogP contribution in [0.3, 0.4) is 0 Å². The van der Waals surface area contributed by atoms with E-state index in [0.29, 0.717) is 18.0 Å². The van der Waals surface area contributed by atoms with Crippen LogP contribution in [0.2, 0.25) is 0 Å². The first-order valence-electron chi connectivity index (χ1n) is 15.5. The van der Waals surface area contributed by atoms with Crippen molar-refractivity contribution in [2.24, 2.45) is 40.7 Å². The van der Waals surface area contributed by atoms with Crippen molar-refractivity contribution in [1.82, 2.24) is 9.80 Å². The topological polar surface area (TPSA) is 162 Å². The summed E-state index contributed by atoms with van der Waals surface area (Å²) in [5.74, 6) is -9.70. The van der Waals surface area contributed by atoms with E-state index in [1.54, 1.807) is 20.2 Å². The third-order valence-corrected chi connectivity index (χ3v) is 10.8. The van der Waals surface area contributed by atoms with E-state index < -0.39 is 64.4 Å². The molecule has 2 saturated carbocycles. The summed E-state index contributed by atoms with van der Waals surface area (Å²) < 4.78 is 0. The van der Waals surface area contributed by atoms with E-state index in [4.69, 9.17) is 5.73 Å². The molecule has 1 aromatic rings. The lowest BCUT2D eigenvalue weighted by molar-refractivity contribution is -0.181. The highest BCUT2D eigenvalue weighted by Crippen LogP contribution is 2.52. The molecule has 1 saturated heterocycles. The fourth-order valence-electron chi connectivity index (χ4n) is 8.60. The number of likely N-dealkylation sites (N-methyl/N-ethyl adjacent to an activating group) is 1. The Balaban J connectivity index is 1.54. The number of Topliss-reactive ketones (excluding diaryl/α,β-unsaturated/α-hetero) is 4. The van der Waals surface area contributed by atoms with Crippen LogP contribution in [0.15, 0.2) is 6.07 Å². The number of carbonyl (C=O) groups is 5. The van der Waals surface area contributed by atoms with Crippen molar-refractivity contribution in [2.45, 2.75) is 64.6 Å². The second kappa shape index (κ2) is 11.0. The zero-order valence-corrected chi connectivity index (χ0v) is 26.8. The van der Waals surface area contributed by atoms with Gasteiger partial charge in [-0.15, -0.1) is 0 Å². The Morgan fingerprint density at radius 2 is 1.68 bits per heavy atom. The smallest absolute Gasteiger partial charge is 0.235 e. The molecule has 6 atom stereocenters. The van der Waals surface area contributed by atoms with Gasteiger partial charge in [-0.05, 0) is 87.3 Å². The van der Waals surface area contributed by atoms with Crippen LogP contribution in [0.25, 0.3) is 0 Å². The molecule has 5 rings (SSSR count). The summed E-state index contributed by atoms with van der Waals surface area (Å²) in [6.07, 6.45) is 2.43. The number of phenols is 1. The third-order valence-electron chi connectivity index (χ3n) is 10.8. The highest BCUT2D eigenvalue weighted by Gasteiger charge is 2.69. The van der Waals surface area contributed by atoms with E-state index in [0.717, 1.165) is 37.2 Å². The molecule has 2 unspecified atom stereocenters. The molecule has 4 aliphatic rings. The van der Waals surface area contributed by atoms with Crippen molar-refractivity contribution in [3.63, 3.8) is 0 Å². The number of anilines is 1. The lowest BCUT2D eigenvalue weighted by Gasteiger charge is -2.52. The molecular weight excluding hydrogens is 564 g/mol. The van der Waals surface area contributed by atoms with Crippen molar-refractivity contribution in [1.29, 1.82) is 0 Å². The van der Waals surface area contributed by atoms with Gasteiger partial charge in [0.2, 0.25) is 5.91 Å². The normalized spacial score (nSPS) is 31.5. The van der Waals surface area contributed by atoms with Crippen molar-refractivity contribution in [2.75, 3.05) is 46.2 Å². The van der Waals surface area contributed by atoms with Gasteiger partial charge in [0.05, 0.1) is 17.5 Å². The Labute approximate surface area is 258 Å². The fourth-order valence-corrected chi connectivity index (χ4v) is 8.60. The number of aliphatic hydroxyl groups is 1. The van der Waals surface area contributed by atoms with Crippen molar-refractivity contribution in [3.8, 4) is 5.75 Å². The molecule has 0 radical (unpaired) electrons. The molecule has 3 fully saturated rings. The molecule has 4 N–H and O–H groups in total. The number of piperidine rings is 1. The van der Waals surface area contributed by atoms with Crippen LogP contribution < -0.4 is 10.6 Å². The van der Waals surface area contributed by atoms with Crippen LogP contribution in [0.1, 0.15) is 61.5 Å². The summed E-state index contributed by atoms with van der Waals surface area (Å²) in [5.41, 5.74) is 5.26. The summed E-state index contributed by atoms with van der Waals surface area (Å²) in [6.45, 7) is 9.26. The maximum absolute atomic E-state index is 14.1. The highest BCUT2D eigenvalue weighted by molar-refractivity contribution is 6.32. The second-order valence-corrected chi connectivity index (χ2v) is 14.9. The van der Waals surface area contributed by atoms with Gasteiger partial charge in [-0.1, -0.05) is 20.8 Å².